The molecule has 0 spiro atoms. The van der Waals surface area contributed by atoms with Gasteiger partial charge in [0.15, 0.2) is 0 Å². The maximum Gasteiger partial charge on any atom is 0.338 e. The zero-order chi connectivity index (χ0) is 14.0. The van der Waals surface area contributed by atoms with Crippen molar-refractivity contribution in [3.63, 3.8) is 0 Å². The van der Waals surface area contributed by atoms with Crippen molar-refractivity contribution in [2.45, 2.75) is 6.92 Å². The lowest BCUT2D eigenvalue weighted by atomic mass is 10.0. The molecule has 0 amide bonds. The summed E-state index contributed by atoms with van der Waals surface area (Å²) in [6.45, 7) is 1.89. The quantitative estimate of drug-likeness (QED) is 0.918. The van der Waals surface area contributed by atoms with Crippen LogP contribution in [0.2, 0.25) is 0 Å². The van der Waals surface area contributed by atoms with Crippen molar-refractivity contribution in [2.75, 3.05) is 7.11 Å². The first-order valence-corrected chi connectivity index (χ1v) is 5.71. The molecule has 0 aliphatic rings. The molecule has 3 nitrogen and oxygen atoms in total. The van der Waals surface area contributed by atoms with Gasteiger partial charge >= 0.3 is 5.97 Å². The van der Waals surface area contributed by atoms with E-state index in [0.29, 0.717) is 5.56 Å². The van der Waals surface area contributed by atoms with Crippen LogP contribution in [0.15, 0.2) is 36.4 Å². The van der Waals surface area contributed by atoms with E-state index in [1.807, 2.05) is 19.1 Å². The number of carbonyl (C=O) groups is 1. The first-order chi connectivity index (χ1) is 9.02. The van der Waals surface area contributed by atoms with E-state index in [0.717, 1.165) is 16.9 Å². The van der Waals surface area contributed by atoms with Crippen LogP contribution in [-0.4, -0.2) is 18.2 Å². The lowest BCUT2D eigenvalue weighted by Crippen LogP contribution is -2.00. The summed E-state index contributed by atoms with van der Waals surface area (Å²) in [6, 6.07) is 9.54. The van der Waals surface area contributed by atoms with Gasteiger partial charge in [-0.15, -0.1) is 0 Å². The van der Waals surface area contributed by atoms with Gasteiger partial charge in [-0.05, 0) is 47.9 Å². The number of hydrogen-bond donors (Lipinski definition) is 1. The summed E-state index contributed by atoms with van der Waals surface area (Å²) in [7, 11) is 1.59. The number of benzene rings is 2. The average Bonchev–Trinajstić information content (AvgIpc) is 2.38. The zero-order valence-corrected chi connectivity index (χ0v) is 10.6. The molecular weight excluding hydrogens is 247 g/mol. The van der Waals surface area contributed by atoms with Gasteiger partial charge in [0.25, 0.3) is 0 Å². The highest BCUT2D eigenvalue weighted by molar-refractivity contribution is 5.89. The van der Waals surface area contributed by atoms with E-state index in [1.165, 1.54) is 12.1 Å². The maximum absolute atomic E-state index is 13.3. The number of aryl methyl sites for hydroxylation is 1. The number of halogens is 1. The normalized spacial score (nSPS) is 10.3. The fourth-order valence-corrected chi connectivity index (χ4v) is 1.93. The number of hydrogen-bond acceptors (Lipinski definition) is 2. The fraction of sp³-hybridized carbons (Fsp3) is 0.133. The van der Waals surface area contributed by atoms with Crippen molar-refractivity contribution >= 4 is 5.97 Å². The molecule has 0 saturated carbocycles. The van der Waals surface area contributed by atoms with Crippen LogP contribution < -0.4 is 4.74 Å². The van der Waals surface area contributed by atoms with Crippen LogP contribution in [0, 0.1) is 12.7 Å². The predicted octanol–water partition coefficient (Wildman–Crippen LogP) is 3.51. The Hall–Kier alpha value is -2.36. The van der Waals surface area contributed by atoms with E-state index in [4.69, 9.17) is 9.84 Å². The molecule has 19 heavy (non-hydrogen) atoms. The molecule has 0 aliphatic carbocycles. The van der Waals surface area contributed by atoms with E-state index < -0.39 is 11.8 Å². The minimum absolute atomic E-state index is 0.328. The van der Waals surface area contributed by atoms with E-state index in [9.17, 15) is 9.18 Å². The predicted molar refractivity (Wildman–Crippen MR) is 70.1 cm³/mol. The SMILES string of the molecule is COc1ccc(-c2ccc(F)c(C(=O)O)c2)cc1C. The Morgan fingerprint density at radius 2 is 1.79 bits per heavy atom. The third-order valence-electron chi connectivity index (χ3n) is 2.92. The second kappa shape index (κ2) is 5.10. The standard InChI is InChI=1S/C15H13FO3/c1-9-7-10(4-6-14(9)19-2)11-3-5-13(16)12(8-11)15(17)18/h3-8H,1-2H3,(H,17,18). The van der Waals surface area contributed by atoms with Crippen molar-refractivity contribution in [1.82, 2.24) is 0 Å². The molecule has 0 fully saturated rings. The molecule has 0 unspecified atom stereocenters. The molecule has 0 saturated heterocycles. The molecule has 0 atom stereocenters. The highest BCUT2D eigenvalue weighted by Gasteiger charge is 2.12. The number of aromatic carboxylic acids is 1. The Morgan fingerprint density at radius 1 is 1.16 bits per heavy atom. The summed E-state index contributed by atoms with van der Waals surface area (Å²) < 4.78 is 18.5. The van der Waals surface area contributed by atoms with Crippen molar-refractivity contribution in [3.05, 3.63) is 53.3 Å². The highest BCUT2D eigenvalue weighted by atomic mass is 19.1. The molecule has 0 heterocycles. The number of ether oxygens (including phenoxy) is 1. The lowest BCUT2D eigenvalue weighted by Gasteiger charge is -2.08. The zero-order valence-electron chi connectivity index (χ0n) is 10.6. The Kier molecular flexibility index (Phi) is 3.51. The number of methoxy groups -OCH3 is 1. The topological polar surface area (TPSA) is 46.5 Å². The molecule has 1 N–H and O–H groups in total. The summed E-state index contributed by atoms with van der Waals surface area (Å²) in [6.07, 6.45) is 0. The van der Waals surface area contributed by atoms with Crippen molar-refractivity contribution in [2.24, 2.45) is 0 Å². The largest absolute Gasteiger partial charge is 0.496 e. The van der Waals surface area contributed by atoms with Gasteiger partial charge in [-0.1, -0.05) is 12.1 Å². The first-order valence-electron chi connectivity index (χ1n) is 5.71. The van der Waals surface area contributed by atoms with Gasteiger partial charge in [-0.3, -0.25) is 0 Å². The average molecular weight is 260 g/mol. The summed E-state index contributed by atoms with van der Waals surface area (Å²) in [5, 5.41) is 8.91. The van der Waals surface area contributed by atoms with Crippen LogP contribution in [0.5, 0.6) is 5.75 Å². The smallest absolute Gasteiger partial charge is 0.338 e. The molecule has 4 heteroatoms. The third kappa shape index (κ3) is 2.57. The Labute approximate surface area is 110 Å². The van der Waals surface area contributed by atoms with E-state index >= 15 is 0 Å². The van der Waals surface area contributed by atoms with Gasteiger partial charge in [0.2, 0.25) is 0 Å². The first kappa shape index (κ1) is 13.1. The Balaban J connectivity index is 2.50. The van der Waals surface area contributed by atoms with Crippen LogP contribution in [0.4, 0.5) is 4.39 Å². The van der Waals surface area contributed by atoms with Crippen molar-refractivity contribution < 1.29 is 19.0 Å². The van der Waals surface area contributed by atoms with Crippen LogP contribution >= 0.6 is 0 Å². The Bertz CT molecular complexity index is 635. The van der Waals surface area contributed by atoms with Gasteiger partial charge in [0, 0.05) is 0 Å². The van der Waals surface area contributed by atoms with Gasteiger partial charge in [-0.25, -0.2) is 9.18 Å². The summed E-state index contributed by atoms with van der Waals surface area (Å²) in [5.74, 6) is -1.25. The fourth-order valence-electron chi connectivity index (χ4n) is 1.93. The van der Waals surface area contributed by atoms with E-state index in [-0.39, 0.29) is 5.56 Å². The molecule has 2 aromatic carbocycles. The summed E-state index contributed by atoms with van der Waals surface area (Å²) in [5.41, 5.74) is 2.08. The highest BCUT2D eigenvalue weighted by Crippen LogP contribution is 2.27. The second-order valence-corrected chi connectivity index (χ2v) is 4.18. The van der Waals surface area contributed by atoms with Crippen LogP contribution in [0.3, 0.4) is 0 Å². The van der Waals surface area contributed by atoms with Gasteiger partial charge in [0.05, 0.1) is 12.7 Å². The minimum Gasteiger partial charge on any atom is -0.496 e. The minimum atomic E-state index is -1.27. The van der Waals surface area contributed by atoms with Crippen molar-refractivity contribution in [1.29, 1.82) is 0 Å². The number of carboxylic acid groups (broad SMARTS) is 1. The van der Waals surface area contributed by atoms with Crippen molar-refractivity contribution in [3.8, 4) is 16.9 Å². The van der Waals surface area contributed by atoms with E-state index in [2.05, 4.69) is 0 Å². The summed E-state index contributed by atoms with van der Waals surface area (Å²) >= 11 is 0. The second-order valence-electron chi connectivity index (χ2n) is 4.18. The van der Waals surface area contributed by atoms with Crippen LogP contribution in [0.1, 0.15) is 15.9 Å². The van der Waals surface area contributed by atoms with Gasteiger partial charge in [-0.2, -0.15) is 0 Å². The van der Waals surface area contributed by atoms with Gasteiger partial charge < -0.3 is 9.84 Å². The monoisotopic (exact) mass is 260 g/mol. The molecular formula is C15H13FO3. The molecule has 0 radical (unpaired) electrons. The number of rotatable bonds is 3. The van der Waals surface area contributed by atoms with E-state index in [1.54, 1.807) is 19.2 Å². The molecule has 98 valence electrons. The molecule has 0 aromatic heterocycles. The Morgan fingerprint density at radius 3 is 2.37 bits per heavy atom. The number of carboxylic acids is 1. The van der Waals surface area contributed by atoms with Crippen LogP contribution in [0.25, 0.3) is 11.1 Å². The summed E-state index contributed by atoms with van der Waals surface area (Å²) in [4.78, 5) is 10.9. The molecule has 0 bridgehead atoms. The third-order valence-corrected chi connectivity index (χ3v) is 2.92. The molecule has 0 aliphatic heterocycles. The van der Waals surface area contributed by atoms with Crippen LogP contribution in [-0.2, 0) is 0 Å². The lowest BCUT2D eigenvalue weighted by molar-refractivity contribution is 0.0692. The molecule has 2 rings (SSSR count). The molecule has 2 aromatic rings. The van der Waals surface area contributed by atoms with Gasteiger partial charge in [0.1, 0.15) is 11.6 Å². The maximum atomic E-state index is 13.3.